The monoisotopic (exact) mass is 636 g/mol. The molecule has 0 amide bonds. The van der Waals surface area contributed by atoms with Crippen LogP contribution in [-0.2, 0) is 38.7 Å². The Balaban J connectivity index is 1.87. The summed E-state index contributed by atoms with van der Waals surface area (Å²) < 4.78 is 93.4. The Morgan fingerprint density at radius 3 is 2.07 bits per heavy atom. The molecule has 1 aromatic heterocycles. The van der Waals surface area contributed by atoms with Crippen LogP contribution < -0.4 is 14.9 Å². The summed E-state index contributed by atoms with van der Waals surface area (Å²) >= 11 is 0. The Hall–Kier alpha value is -4.02. The van der Waals surface area contributed by atoms with Gasteiger partial charge in [-0.2, -0.15) is 16.8 Å². The van der Waals surface area contributed by atoms with E-state index in [9.17, 15) is 51.4 Å². The van der Waals surface area contributed by atoms with Crippen molar-refractivity contribution in [1.29, 1.82) is 0 Å². The van der Waals surface area contributed by atoms with Gasteiger partial charge in [-0.1, -0.05) is 0 Å². The molecule has 6 N–H and O–H groups in total. The number of carboxylic acids is 1. The number of methoxy groups -OCH3 is 1. The largest absolute Gasteiger partial charge is 0.507 e. The molecule has 2 heterocycles. The number of aliphatic carboxylic acids is 1. The van der Waals surface area contributed by atoms with Crippen LogP contribution in [0, 0.1) is 0 Å². The zero-order chi connectivity index (χ0) is 31.1. The summed E-state index contributed by atoms with van der Waals surface area (Å²) in [6, 6.07) is 7.59. The summed E-state index contributed by atoms with van der Waals surface area (Å²) in [5.74, 6) is -4.38. The Morgan fingerprint density at radius 1 is 0.929 bits per heavy atom. The number of benzene rings is 2. The number of carbonyl (C=O) groups is 1. The molecule has 228 valence electrons. The lowest BCUT2D eigenvalue weighted by molar-refractivity contribution is -0.261. The van der Waals surface area contributed by atoms with Crippen molar-refractivity contribution in [3.63, 3.8) is 0 Å². The molecule has 2 aromatic carbocycles. The van der Waals surface area contributed by atoms with E-state index in [1.807, 2.05) is 0 Å². The second-order valence-corrected chi connectivity index (χ2v) is 10.6. The maximum Gasteiger partial charge on any atom is 0.397 e. The molecule has 3 aromatic rings. The minimum atomic E-state index is -5.52. The van der Waals surface area contributed by atoms with E-state index in [4.69, 9.17) is 23.2 Å². The predicted octanol–water partition coefficient (Wildman–Crippen LogP) is -0.195. The SMILES string of the molecule is COc1ccc(-c2cc(=O)c3c(O)cc(O)c(OC4OC(C(=O)O)C(OS(=O)(=O)O)C(O)C4OS(=O)(=O)O)c3o2)cc1. The minimum Gasteiger partial charge on any atom is -0.507 e. The van der Waals surface area contributed by atoms with Crippen LogP contribution in [-0.4, -0.2) is 90.2 Å². The van der Waals surface area contributed by atoms with E-state index in [1.165, 1.54) is 31.4 Å². The van der Waals surface area contributed by atoms with E-state index in [2.05, 4.69) is 8.37 Å². The van der Waals surface area contributed by atoms with Gasteiger partial charge in [0.25, 0.3) is 0 Å². The normalized spacial score (nSPS) is 23.0. The van der Waals surface area contributed by atoms with E-state index >= 15 is 0 Å². The maximum absolute atomic E-state index is 12.9. The second kappa shape index (κ2) is 11.3. The molecule has 42 heavy (non-hydrogen) atoms. The topological polar surface area (TPSA) is 283 Å². The molecule has 18 nitrogen and oxygen atoms in total. The van der Waals surface area contributed by atoms with Crippen molar-refractivity contribution >= 4 is 37.7 Å². The van der Waals surface area contributed by atoms with Gasteiger partial charge in [-0.15, -0.1) is 0 Å². The van der Waals surface area contributed by atoms with Gasteiger partial charge >= 0.3 is 26.8 Å². The Morgan fingerprint density at radius 2 is 1.52 bits per heavy atom. The van der Waals surface area contributed by atoms with Gasteiger partial charge in [-0.25, -0.2) is 13.2 Å². The van der Waals surface area contributed by atoms with Gasteiger partial charge in [0.2, 0.25) is 12.0 Å². The van der Waals surface area contributed by atoms with Gasteiger partial charge in [0.05, 0.1) is 7.11 Å². The molecule has 1 fully saturated rings. The first kappa shape index (κ1) is 30.9. The second-order valence-electron chi connectivity index (χ2n) is 8.50. The number of carboxylic acid groups (broad SMARTS) is 1. The molecule has 0 saturated carbocycles. The summed E-state index contributed by atoms with van der Waals surface area (Å²) in [4.78, 5) is 24.7. The molecule has 1 saturated heterocycles. The average molecular weight is 637 g/mol. The molecular formula is C22H20O18S2. The molecule has 0 aliphatic carbocycles. The van der Waals surface area contributed by atoms with Crippen LogP contribution >= 0.6 is 0 Å². The Labute approximate surface area is 234 Å². The number of ether oxygens (including phenoxy) is 3. The van der Waals surface area contributed by atoms with E-state index < -0.39 is 91.1 Å². The summed E-state index contributed by atoms with van der Waals surface area (Å²) in [6.45, 7) is 0. The minimum absolute atomic E-state index is 0.148. The fraction of sp³-hybridized carbons (Fsp3) is 0.273. The van der Waals surface area contributed by atoms with Crippen LogP contribution in [0.25, 0.3) is 22.3 Å². The zero-order valence-electron chi connectivity index (χ0n) is 20.7. The van der Waals surface area contributed by atoms with Crippen molar-refractivity contribution in [3.8, 4) is 34.3 Å². The molecule has 0 spiro atoms. The quantitative estimate of drug-likeness (QED) is 0.166. The molecule has 5 unspecified atom stereocenters. The smallest absolute Gasteiger partial charge is 0.397 e. The molecule has 0 radical (unpaired) electrons. The Bertz CT molecular complexity index is 1780. The van der Waals surface area contributed by atoms with E-state index in [1.54, 1.807) is 0 Å². The van der Waals surface area contributed by atoms with Crippen molar-refractivity contribution in [2.45, 2.75) is 30.7 Å². The molecule has 1 aliphatic rings. The van der Waals surface area contributed by atoms with Gasteiger partial charge in [0.1, 0.15) is 34.9 Å². The number of aliphatic hydroxyl groups excluding tert-OH is 1. The lowest BCUT2D eigenvalue weighted by atomic mass is 9.99. The molecule has 20 heteroatoms. The lowest BCUT2D eigenvalue weighted by Crippen LogP contribution is -2.63. The van der Waals surface area contributed by atoms with Crippen LogP contribution in [0.4, 0.5) is 0 Å². The number of hydrogen-bond acceptors (Lipinski definition) is 15. The first-order chi connectivity index (χ1) is 19.5. The van der Waals surface area contributed by atoms with E-state index in [0.717, 1.165) is 6.07 Å². The van der Waals surface area contributed by atoms with Crippen LogP contribution in [0.2, 0.25) is 0 Å². The number of rotatable bonds is 9. The van der Waals surface area contributed by atoms with Crippen molar-refractivity contribution in [2.75, 3.05) is 7.11 Å². The van der Waals surface area contributed by atoms with Crippen LogP contribution in [0.1, 0.15) is 0 Å². The zero-order valence-corrected chi connectivity index (χ0v) is 22.4. The van der Waals surface area contributed by atoms with Crippen LogP contribution in [0.15, 0.2) is 45.6 Å². The van der Waals surface area contributed by atoms with Gasteiger partial charge in [-0.3, -0.25) is 13.9 Å². The van der Waals surface area contributed by atoms with E-state index in [-0.39, 0.29) is 11.3 Å². The summed E-state index contributed by atoms with van der Waals surface area (Å²) in [6.07, 6.45) is -12.7. The average Bonchev–Trinajstić information content (AvgIpc) is 2.87. The highest BCUT2D eigenvalue weighted by Gasteiger charge is 2.54. The van der Waals surface area contributed by atoms with Crippen LogP contribution in [0.3, 0.4) is 0 Å². The number of fused-ring (bicyclic) bond motifs is 1. The molecule has 1 aliphatic heterocycles. The first-order valence-corrected chi connectivity index (χ1v) is 13.9. The summed E-state index contributed by atoms with van der Waals surface area (Å²) in [5, 5.41) is 40.4. The number of aromatic hydroxyl groups is 2. The third-order valence-corrected chi connectivity index (χ3v) is 6.68. The van der Waals surface area contributed by atoms with Gasteiger partial charge in [0, 0.05) is 17.7 Å². The maximum atomic E-state index is 12.9. The number of aliphatic hydroxyl groups is 1. The lowest BCUT2D eigenvalue weighted by Gasteiger charge is -2.40. The van der Waals surface area contributed by atoms with Crippen molar-refractivity contribution < 1.29 is 78.2 Å². The number of phenolic OH excluding ortho intramolecular Hbond substituents is 2. The fourth-order valence-corrected chi connectivity index (χ4v) is 5.00. The molecule has 0 bridgehead atoms. The first-order valence-electron chi connectivity index (χ1n) is 11.2. The van der Waals surface area contributed by atoms with Crippen molar-refractivity contribution in [3.05, 3.63) is 46.6 Å². The third kappa shape index (κ3) is 6.55. The summed E-state index contributed by atoms with van der Waals surface area (Å²) in [7, 11) is -9.59. The standard InChI is InChI=1S/C22H20O18S2/c1-35-9-4-2-8(3-5-9)13-7-11(24)14-10(23)6-12(25)16(17(14)36-13)37-22-19(40-42(32,33)34)15(26)18(39-41(29,30)31)20(38-22)21(27)28/h2-7,15,18-20,22-23,25-26H,1H3,(H,27,28)(H,29,30,31)(H,32,33,34). The van der Waals surface area contributed by atoms with Crippen LogP contribution in [0.5, 0.6) is 23.0 Å². The fourth-order valence-electron chi connectivity index (χ4n) is 4.02. The van der Waals surface area contributed by atoms with Crippen molar-refractivity contribution in [1.82, 2.24) is 0 Å². The van der Waals surface area contributed by atoms with Gasteiger partial charge < -0.3 is 39.1 Å². The van der Waals surface area contributed by atoms with Gasteiger partial charge in [-0.05, 0) is 24.3 Å². The van der Waals surface area contributed by atoms with Crippen molar-refractivity contribution in [2.24, 2.45) is 0 Å². The highest BCUT2D eigenvalue weighted by molar-refractivity contribution is 7.81. The number of phenols is 2. The highest BCUT2D eigenvalue weighted by atomic mass is 32.3. The highest BCUT2D eigenvalue weighted by Crippen LogP contribution is 2.42. The van der Waals surface area contributed by atoms with E-state index in [0.29, 0.717) is 11.8 Å². The third-order valence-electron chi connectivity index (χ3n) is 5.75. The molecule has 5 atom stereocenters. The molecule has 4 rings (SSSR count). The molecular weight excluding hydrogens is 616 g/mol. The predicted molar refractivity (Wildman–Crippen MR) is 134 cm³/mol. The van der Waals surface area contributed by atoms with Gasteiger partial charge in [0.15, 0.2) is 29.0 Å². The number of hydrogen-bond donors (Lipinski definition) is 6. The summed E-state index contributed by atoms with van der Waals surface area (Å²) in [5.41, 5.74) is -1.26. The Kier molecular flexibility index (Phi) is 8.35.